The van der Waals surface area contributed by atoms with Crippen molar-refractivity contribution in [1.82, 2.24) is 10.6 Å². The highest BCUT2D eigenvalue weighted by molar-refractivity contribution is 5.96. The normalized spacial score (nSPS) is 21.4. The van der Waals surface area contributed by atoms with E-state index in [9.17, 15) is 18.0 Å². The monoisotopic (exact) mass is 447 g/mol. The molecule has 0 radical (unpaired) electrons. The van der Waals surface area contributed by atoms with E-state index in [1.54, 1.807) is 24.1 Å². The van der Waals surface area contributed by atoms with E-state index in [4.69, 9.17) is 4.74 Å². The second-order valence-electron chi connectivity index (χ2n) is 8.42. The molecule has 0 aromatic heterocycles. The van der Waals surface area contributed by atoms with Crippen LogP contribution in [0.25, 0.3) is 0 Å². The van der Waals surface area contributed by atoms with Gasteiger partial charge in [-0.2, -0.15) is 13.2 Å². The molecule has 8 heteroatoms. The smallest absolute Gasteiger partial charge is 0.422 e. The first-order valence-corrected chi connectivity index (χ1v) is 11.0. The molecule has 32 heavy (non-hydrogen) atoms. The van der Waals surface area contributed by atoms with Crippen molar-refractivity contribution in [3.05, 3.63) is 59.2 Å². The van der Waals surface area contributed by atoms with Crippen molar-refractivity contribution in [2.24, 2.45) is 0 Å². The highest BCUT2D eigenvalue weighted by Gasteiger charge is 2.31. The number of ether oxygens (including phenoxy) is 1. The zero-order chi connectivity index (χ0) is 22.7. The Balaban J connectivity index is 1.57. The van der Waals surface area contributed by atoms with Crippen LogP contribution in [-0.4, -0.2) is 38.3 Å². The van der Waals surface area contributed by atoms with Crippen LogP contribution in [0, 0.1) is 0 Å². The third-order valence-electron chi connectivity index (χ3n) is 6.17. The molecule has 2 aromatic rings. The molecule has 1 fully saturated rings. The molecule has 1 saturated heterocycles. The molecule has 1 amide bonds. The number of rotatable bonds is 6. The van der Waals surface area contributed by atoms with Crippen LogP contribution < -0.4 is 20.3 Å². The van der Waals surface area contributed by atoms with E-state index in [0.29, 0.717) is 24.9 Å². The van der Waals surface area contributed by atoms with Crippen molar-refractivity contribution in [1.29, 1.82) is 0 Å². The number of halogens is 3. The number of carbonyl (C=O) groups excluding carboxylic acids is 1. The molecule has 2 atom stereocenters. The maximum Gasteiger partial charge on any atom is 0.422 e. The number of amides is 1. The molecule has 2 aromatic carbocycles. The molecule has 2 aliphatic heterocycles. The predicted octanol–water partition coefficient (Wildman–Crippen LogP) is 4.12. The van der Waals surface area contributed by atoms with Gasteiger partial charge in [-0.1, -0.05) is 30.3 Å². The summed E-state index contributed by atoms with van der Waals surface area (Å²) >= 11 is 0. The van der Waals surface area contributed by atoms with Crippen LogP contribution in [0.3, 0.4) is 0 Å². The first-order valence-electron chi connectivity index (χ1n) is 11.0. The van der Waals surface area contributed by atoms with E-state index in [1.807, 2.05) is 18.2 Å². The minimum Gasteiger partial charge on any atom is -0.484 e. The van der Waals surface area contributed by atoms with E-state index >= 15 is 0 Å². The summed E-state index contributed by atoms with van der Waals surface area (Å²) in [4.78, 5) is 13.7. The van der Waals surface area contributed by atoms with Gasteiger partial charge in [-0.25, -0.2) is 0 Å². The lowest BCUT2D eigenvalue weighted by Gasteiger charge is -2.34. The van der Waals surface area contributed by atoms with Gasteiger partial charge in [-0.3, -0.25) is 4.79 Å². The number of nitrogens with zero attached hydrogens (tertiary/aromatic N) is 1. The Morgan fingerprint density at radius 2 is 1.97 bits per heavy atom. The highest BCUT2D eigenvalue weighted by atomic mass is 19.4. The molecule has 0 spiro atoms. The third kappa shape index (κ3) is 5.24. The number of hydrogen-bond acceptors (Lipinski definition) is 4. The Labute approximate surface area is 185 Å². The standard InChI is InChI=1S/C24H28F3N3O2/c1-30-20-12-18(21(32-15-24(25,26)27)13-17(20)9-10-22(30)31)14-29-19-8-5-11-28-23(19)16-6-3-2-4-7-16/h2-4,6-7,12-13,19,23,28-29H,5,8-11,14-15H2,1H3/t19-,23-/m0/s1. The lowest BCUT2D eigenvalue weighted by molar-refractivity contribution is -0.153. The van der Waals surface area contributed by atoms with Gasteiger partial charge in [-0.05, 0) is 49.1 Å². The quantitative estimate of drug-likeness (QED) is 0.700. The molecular weight excluding hydrogens is 419 g/mol. The molecule has 0 saturated carbocycles. The lowest BCUT2D eigenvalue weighted by atomic mass is 9.92. The fourth-order valence-corrected chi connectivity index (χ4v) is 4.50. The summed E-state index contributed by atoms with van der Waals surface area (Å²) in [5.41, 5.74) is 3.36. The number of aryl methyl sites for hydroxylation is 1. The molecule has 4 rings (SSSR count). The zero-order valence-corrected chi connectivity index (χ0v) is 18.0. The molecule has 2 heterocycles. The summed E-state index contributed by atoms with van der Waals surface area (Å²) in [6, 6.07) is 13.8. The average Bonchev–Trinajstić information content (AvgIpc) is 2.79. The fraction of sp³-hybridized carbons (Fsp3) is 0.458. The Kier molecular flexibility index (Phi) is 6.71. The van der Waals surface area contributed by atoms with Gasteiger partial charge in [0.15, 0.2) is 6.61 Å². The maximum atomic E-state index is 12.8. The molecule has 2 N–H and O–H groups in total. The largest absolute Gasteiger partial charge is 0.484 e. The van der Waals surface area contributed by atoms with Crippen LogP contribution in [0.1, 0.15) is 42.0 Å². The van der Waals surface area contributed by atoms with Gasteiger partial charge in [0.05, 0.1) is 0 Å². The van der Waals surface area contributed by atoms with Gasteiger partial charge >= 0.3 is 6.18 Å². The van der Waals surface area contributed by atoms with Crippen molar-refractivity contribution in [3.8, 4) is 5.75 Å². The Bertz CT molecular complexity index is 949. The van der Waals surface area contributed by atoms with Crippen LogP contribution in [0.15, 0.2) is 42.5 Å². The second-order valence-corrected chi connectivity index (χ2v) is 8.42. The molecule has 0 bridgehead atoms. The van der Waals surface area contributed by atoms with Crippen LogP contribution in [0.5, 0.6) is 5.75 Å². The number of benzene rings is 2. The number of nitrogens with one attached hydrogen (secondary N) is 2. The predicted molar refractivity (Wildman–Crippen MR) is 117 cm³/mol. The van der Waals surface area contributed by atoms with E-state index in [-0.39, 0.29) is 23.7 Å². The lowest BCUT2D eigenvalue weighted by Crippen LogP contribution is -2.45. The highest BCUT2D eigenvalue weighted by Crippen LogP contribution is 2.35. The number of carbonyl (C=O) groups is 1. The Morgan fingerprint density at radius 1 is 1.19 bits per heavy atom. The SMILES string of the molecule is CN1C(=O)CCc2cc(OCC(F)(F)F)c(CN[C@H]3CCCN[C@H]3c3ccccc3)cc21. The summed E-state index contributed by atoms with van der Waals surface area (Å²) in [6.07, 6.45) is -1.61. The first-order chi connectivity index (χ1) is 15.3. The third-order valence-corrected chi connectivity index (χ3v) is 6.17. The van der Waals surface area contributed by atoms with Gasteiger partial charge in [0.1, 0.15) is 5.75 Å². The van der Waals surface area contributed by atoms with Crippen LogP contribution >= 0.6 is 0 Å². The summed E-state index contributed by atoms with van der Waals surface area (Å²) in [6.45, 7) is -0.0766. The molecular formula is C24H28F3N3O2. The summed E-state index contributed by atoms with van der Waals surface area (Å²) in [5.74, 6) is 0.220. The van der Waals surface area contributed by atoms with Crippen LogP contribution in [0.2, 0.25) is 0 Å². The Morgan fingerprint density at radius 3 is 2.72 bits per heavy atom. The van der Waals surface area contributed by atoms with Crippen molar-refractivity contribution >= 4 is 11.6 Å². The average molecular weight is 448 g/mol. The van der Waals surface area contributed by atoms with E-state index in [0.717, 1.165) is 30.6 Å². The first kappa shape index (κ1) is 22.6. The Hall–Kier alpha value is -2.58. The van der Waals surface area contributed by atoms with Crippen molar-refractivity contribution in [2.75, 3.05) is 25.1 Å². The topological polar surface area (TPSA) is 53.6 Å². The van der Waals surface area contributed by atoms with Crippen molar-refractivity contribution < 1.29 is 22.7 Å². The van der Waals surface area contributed by atoms with Crippen LogP contribution in [-0.2, 0) is 17.8 Å². The maximum absolute atomic E-state index is 12.8. The molecule has 5 nitrogen and oxygen atoms in total. The van der Waals surface area contributed by atoms with Gasteiger partial charge in [0, 0.05) is 43.3 Å². The molecule has 0 aliphatic carbocycles. The van der Waals surface area contributed by atoms with Crippen molar-refractivity contribution in [2.45, 2.75) is 50.5 Å². The number of piperidine rings is 1. The van der Waals surface area contributed by atoms with E-state index < -0.39 is 12.8 Å². The summed E-state index contributed by atoms with van der Waals surface area (Å²) in [7, 11) is 1.70. The minimum atomic E-state index is -4.42. The summed E-state index contributed by atoms with van der Waals surface area (Å²) in [5, 5.41) is 7.08. The molecule has 0 unspecified atom stereocenters. The zero-order valence-electron chi connectivity index (χ0n) is 18.0. The minimum absolute atomic E-state index is 0.000918. The van der Waals surface area contributed by atoms with Gasteiger partial charge in [0.25, 0.3) is 0 Å². The molecule has 172 valence electrons. The van der Waals surface area contributed by atoms with Crippen LogP contribution in [0.4, 0.5) is 18.9 Å². The number of hydrogen-bond donors (Lipinski definition) is 2. The van der Waals surface area contributed by atoms with Gasteiger partial charge in [-0.15, -0.1) is 0 Å². The number of alkyl halides is 3. The fourth-order valence-electron chi connectivity index (χ4n) is 4.50. The molecule has 2 aliphatic rings. The second kappa shape index (κ2) is 9.50. The van der Waals surface area contributed by atoms with Gasteiger partial charge < -0.3 is 20.3 Å². The van der Waals surface area contributed by atoms with E-state index in [1.165, 1.54) is 5.56 Å². The number of anilines is 1. The summed E-state index contributed by atoms with van der Waals surface area (Å²) < 4.78 is 43.7. The van der Waals surface area contributed by atoms with Gasteiger partial charge in [0.2, 0.25) is 5.91 Å². The number of fused-ring (bicyclic) bond motifs is 1. The van der Waals surface area contributed by atoms with E-state index in [2.05, 4.69) is 22.8 Å². The van der Waals surface area contributed by atoms with Crippen molar-refractivity contribution in [3.63, 3.8) is 0 Å².